The predicted molar refractivity (Wildman–Crippen MR) is 58.3 cm³/mol. The van der Waals surface area contributed by atoms with Crippen LogP contribution in [-0.2, 0) is 9.59 Å². The second kappa shape index (κ2) is 5.26. The lowest BCUT2D eigenvalue weighted by Gasteiger charge is -2.34. The minimum Gasteiger partial charge on any atom is -0.332 e. The Labute approximate surface area is 90.8 Å². The van der Waals surface area contributed by atoms with Gasteiger partial charge in [-0.25, -0.2) is 0 Å². The molecule has 1 rings (SSSR count). The third-order valence-electron chi connectivity index (χ3n) is 2.90. The van der Waals surface area contributed by atoms with E-state index in [0.717, 1.165) is 19.3 Å². The van der Waals surface area contributed by atoms with E-state index in [4.69, 9.17) is 5.73 Å². The van der Waals surface area contributed by atoms with Gasteiger partial charge in [0.2, 0.25) is 5.78 Å². The number of nitrogens with zero attached hydrogens (tertiary/aromatic N) is 1. The van der Waals surface area contributed by atoms with E-state index in [1.54, 1.807) is 18.7 Å². The highest BCUT2D eigenvalue weighted by Gasteiger charge is 2.30. The number of nitrogens with two attached hydrogens (primary N) is 1. The molecule has 0 saturated carbocycles. The maximum atomic E-state index is 11.8. The highest BCUT2D eigenvalue weighted by molar-refractivity contribution is 6.36. The first kappa shape index (κ1) is 12.2. The van der Waals surface area contributed by atoms with Crippen LogP contribution in [0.15, 0.2) is 0 Å². The molecule has 1 atom stereocenters. The van der Waals surface area contributed by atoms with Crippen LogP contribution < -0.4 is 5.73 Å². The largest absolute Gasteiger partial charge is 0.332 e. The molecule has 0 aliphatic carbocycles. The molecule has 0 aromatic heterocycles. The second-order valence-electron chi connectivity index (χ2n) is 4.40. The van der Waals surface area contributed by atoms with Crippen LogP contribution in [0, 0.1) is 5.92 Å². The van der Waals surface area contributed by atoms with Crippen molar-refractivity contribution in [1.82, 2.24) is 4.90 Å². The van der Waals surface area contributed by atoms with Crippen LogP contribution in [0.2, 0.25) is 0 Å². The van der Waals surface area contributed by atoms with E-state index in [1.165, 1.54) is 0 Å². The summed E-state index contributed by atoms with van der Waals surface area (Å²) in [4.78, 5) is 25.1. The molecule has 0 spiro atoms. The van der Waals surface area contributed by atoms with Crippen molar-refractivity contribution in [2.24, 2.45) is 11.7 Å². The van der Waals surface area contributed by atoms with Crippen molar-refractivity contribution in [2.45, 2.75) is 39.2 Å². The summed E-state index contributed by atoms with van der Waals surface area (Å²) in [6.07, 6.45) is 3.00. The molecule has 4 nitrogen and oxygen atoms in total. The number of amides is 1. The lowest BCUT2D eigenvalue weighted by Crippen LogP contribution is -2.50. The van der Waals surface area contributed by atoms with Crippen LogP contribution in [0.4, 0.5) is 0 Å². The topological polar surface area (TPSA) is 63.4 Å². The highest BCUT2D eigenvalue weighted by atomic mass is 16.2. The normalized spacial score (nSPS) is 21.9. The van der Waals surface area contributed by atoms with Crippen LogP contribution in [0.5, 0.6) is 0 Å². The first-order valence-electron chi connectivity index (χ1n) is 5.62. The summed E-state index contributed by atoms with van der Waals surface area (Å²) in [6.45, 7) is 4.64. The number of ketones is 1. The third-order valence-corrected chi connectivity index (χ3v) is 2.90. The van der Waals surface area contributed by atoms with Crippen molar-refractivity contribution in [2.75, 3.05) is 13.1 Å². The molecule has 1 amide bonds. The van der Waals surface area contributed by atoms with E-state index < -0.39 is 0 Å². The lowest BCUT2D eigenvalue weighted by atomic mass is 10.00. The Morgan fingerprint density at radius 1 is 1.40 bits per heavy atom. The number of piperidine rings is 1. The fourth-order valence-corrected chi connectivity index (χ4v) is 1.90. The summed E-state index contributed by atoms with van der Waals surface area (Å²) in [5, 5.41) is 0. The molecule has 15 heavy (non-hydrogen) atoms. The van der Waals surface area contributed by atoms with Gasteiger partial charge in [0.25, 0.3) is 5.91 Å². The molecule has 0 radical (unpaired) electrons. The molecule has 4 heteroatoms. The van der Waals surface area contributed by atoms with Crippen molar-refractivity contribution < 1.29 is 9.59 Å². The summed E-state index contributed by atoms with van der Waals surface area (Å²) in [5.74, 6) is -0.867. The molecule has 1 aliphatic rings. The summed E-state index contributed by atoms with van der Waals surface area (Å²) in [6, 6.07) is 0.0638. The van der Waals surface area contributed by atoms with Gasteiger partial charge in [0.15, 0.2) is 0 Å². The Bertz CT molecular complexity index is 251. The molecule has 86 valence electrons. The van der Waals surface area contributed by atoms with E-state index in [9.17, 15) is 9.59 Å². The Morgan fingerprint density at radius 2 is 2.07 bits per heavy atom. The van der Waals surface area contributed by atoms with Gasteiger partial charge < -0.3 is 10.6 Å². The number of hydrogen-bond acceptors (Lipinski definition) is 3. The Kier molecular flexibility index (Phi) is 4.27. The Hall–Kier alpha value is -0.900. The van der Waals surface area contributed by atoms with Gasteiger partial charge in [-0.3, -0.25) is 9.59 Å². The molecule has 0 bridgehead atoms. The fourth-order valence-electron chi connectivity index (χ4n) is 1.90. The fraction of sp³-hybridized carbons (Fsp3) is 0.818. The second-order valence-corrected chi connectivity index (χ2v) is 4.40. The number of carbonyl (C=O) groups is 2. The molecule has 1 fully saturated rings. The molecule has 1 heterocycles. The van der Waals surface area contributed by atoms with Gasteiger partial charge in [-0.05, 0) is 19.3 Å². The smallest absolute Gasteiger partial charge is 0.290 e. The number of Topliss-reactive ketones (excluding diaryl/α,β-unsaturated/α-hetero) is 1. The summed E-state index contributed by atoms with van der Waals surface area (Å²) < 4.78 is 0. The van der Waals surface area contributed by atoms with E-state index in [1.807, 2.05) is 0 Å². The molecule has 1 aliphatic heterocycles. The number of rotatable bonds is 3. The molecule has 0 aromatic rings. The zero-order chi connectivity index (χ0) is 11.4. The zero-order valence-electron chi connectivity index (χ0n) is 9.53. The van der Waals surface area contributed by atoms with E-state index in [-0.39, 0.29) is 23.7 Å². The molecule has 2 N–H and O–H groups in total. The summed E-state index contributed by atoms with van der Waals surface area (Å²) in [5.41, 5.74) is 5.60. The molecular weight excluding hydrogens is 192 g/mol. The lowest BCUT2D eigenvalue weighted by molar-refractivity contribution is -0.148. The molecule has 0 aromatic carbocycles. The van der Waals surface area contributed by atoms with Crippen LogP contribution >= 0.6 is 0 Å². The summed E-state index contributed by atoms with van der Waals surface area (Å²) >= 11 is 0. The standard InChI is InChI=1S/C11H20N2O2/c1-8(2)10(14)11(15)13-6-4-3-5-9(13)7-12/h8-9H,3-7,12H2,1-2H3. The van der Waals surface area contributed by atoms with Gasteiger partial charge in [0.1, 0.15) is 0 Å². The van der Waals surface area contributed by atoms with Crippen molar-refractivity contribution in [3.05, 3.63) is 0 Å². The number of likely N-dealkylation sites (tertiary alicyclic amines) is 1. The van der Waals surface area contributed by atoms with E-state index >= 15 is 0 Å². The van der Waals surface area contributed by atoms with E-state index in [2.05, 4.69) is 0 Å². The van der Waals surface area contributed by atoms with Crippen LogP contribution in [0.1, 0.15) is 33.1 Å². The van der Waals surface area contributed by atoms with E-state index in [0.29, 0.717) is 13.1 Å². The minimum absolute atomic E-state index is 0.0638. The first-order chi connectivity index (χ1) is 7.07. The molecule has 1 saturated heterocycles. The first-order valence-corrected chi connectivity index (χ1v) is 5.62. The predicted octanol–water partition coefficient (Wildman–Crippen LogP) is 0.551. The molecular formula is C11H20N2O2. The van der Waals surface area contributed by atoms with Gasteiger partial charge >= 0.3 is 0 Å². The minimum atomic E-state index is -0.347. The SMILES string of the molecule is CC(C)C(=O)C(=O)N1CCCCC1CN. The number of hydrogen-bond donors (Lipinski definition) is 1. The molecule has 1 unspecified atom stereocenters. The van der Waals surface area contributed by atoms with Crippen molar-refractivity contribution in [3.63, 3.8) is 0 Å². The third kappa shape index (κ3) is 2.78. The van der Waals surface area contributed by atoms with Crippen molar-refractivity contribution in [3.8, 4) is 0 Å². The Morgan fingerprint density at radius 3 is 2.60 bits per heavy atom. The van der Waals surface area contributed by atoms with Gasteiger partial charge in [-0.2, -0.15) is 0 Å². The average Bonchev–Trinajstić information content (AvgIpc) is 2.26. The van der Waals surface area contributed by atoms with Crippen molar-refractivity contribution >= 4 is 11.7 Å². The Balaban J connectivity index is 2.67. The quantitative estimate of drug-likeness (QED) is 0.695. The van der Waals surface area contributed by atoms with Gasteiger partial charge in [-0.1, -0.05) is 13.8 Å². The maximum Gasteiger partial charge on any atom is 0.290 e. The van der Waals surface area contributed by atoms with Crippen LogP contribution in [-0.4, -0.2) is 35.7 Å². The monoisotopic (exact) mass is 212 g/mol. The average molecular weight is 212 g/mol. The zero-order valence-corrected chi connectivity index (χ0v) is 9.53. The number of carbonyl (C=O) groups excluding carboxylic acids is 2. The highest BCUT2D eigenvalue weighted by Crippen LogP contribution is 2.17. The van der Waals surface area contributed by atoms with Gasteiger partial charge in [0, 0.05) is 25.0 Å². The van der Waals surface area contributed by atoms with Crippen molar-refractivity contribution in [1.29, 1.82) is 0 Å². The maximum absolute atomic E-state index is 11.8. The van der Waals surface area contributed by atoms with Gasteiger partial charge in [0.05, 0.1) is 0 Å². The van der Waals surface area contributed by atoms with Crippen LogP contribution in [0.3, 0.4) is 0 Å². The summed E-state index contributed by atoms with van der Waals surface area (Å²) in [7, 11) is 0. The van der Waals surface area contributed by atoms with Crippen LogP contribution in [0.25, 0.3) is 0 Å². The van der Waals surface area contributed by atoms with Gasteiger partial charge in [-0.15, -0.1) is 0 Å².